The molecule has 2 heterocycles. The Morgan fingerprint density at radius 3 is 2.62 bits per heavy atom. The van der Waals surface area contributed by atoms with Crippen molar-refractivity contribution in [3.63, 3.8) is 0 Å². The van der Waals surface area contributed by atoms with E-state index in [0.29, 0.717) is 11.7 Å². The Morgan fingerprint density at radius 2 is 1.83 bits per heavy atom. The summed E-state index contributed by atoms with van der Waals surface area (Å²) in [6, 6.07) is 14.4. The fourth-order valence-electron chi connectivity index (χ4n) is 3.27. The summed E-state index contributed by atoms with van der Waals surface area (Å²) in [6.45, 7) is 1.78. The Kier molecular flexibility index (Phi) is 4.85. The maximum Gasteiger partial charge on any atom is 0.259 e. The Morgan fingerprint density at radius 1 is 1.08 bits per heavy atom. The molecule has 0 unspecified atom stereocenters. The van der Waals surface area contributed by atoms with E-state index in [1.165, 1.54) is 5.39 Å². The number of aromatic nitrogens is 2. The summed E-state index contributed by atoms with van der Waals surface area (Å²) in [5.41, 5.74) is 0.513. The summed E-state index contributed by atoms with van der Waals surface area (Å²) in [6.07, 6.45) is 1.67. The predicted octanol–water partition coefficient (Wildman–Crippen LogP) is 3.54. The number of nitrogens with one attached hydrogen (secondary N) is 1. The molecule has 1 fully saturated rings. The zero-order valence-electron chi connectivity index (χ0n) is 13.5. The number of piperidine rings is 1. The first-order valence-corrected chi connectivity index (χ1v) is 7.91. The summed E-state index contributed by atoms with van der Waals surface area (Å²) in [7, 11) is 1.72. The highest BCUT2D eigenvalue weighted by atomic mass is 35.5. The second-order valence-corrected chi connectivity index (χ2v) is 5.90. The van der Waals surface area contributed by atoms with Crippen LogP contribution in [-0.4, -0.2) is 30.3 Å². The second kappa shape index (κ2) is 6.89. The number of rotatable bonds is 3. The predicted molar refractivity (Wildman–Crippen MR) is 95.3 cm³/mol. The number of hydrogen-bond acceptors (Lipinski definition) is 5. The van der Waals surface area contributed by atoms with Gasteiger partial charge in [-0.05, 0) is 36.7 Å². The molecule has 1 aliphatic rings. The van der Waals surface area contributed by atoms with Crippen molar-refractivity contribution < 1.29 is 9.26 Å². The van der Waals surface area contributed by atoms with E-state index in [-0.39, 0.29) is 12.4 Å². The van der Waals surface area contributed by atoms with Gasteiger partial charge >= 0.3 is 0 Å². The molecule has 24 heavy (non-hydrogen) atoms. The first-order chi connectivity index (χ1) is 11.3. The molecular weight excluding hydrogens is 326 g/mol. The van der Waals surface area contributed by atoms with Crippen molar-refractivity contribution >= 4 is 23.2 Å². The normalized spacial score (nSPS) is 16.7. The largest absolute Gasteiger partial charge is 0.368 e. The van der Waals surface area contributed by atoms with Crippen molar-refractivity contribution in [2.75, 3.05) is 20.2 Å². The maximum atomic E-state index is 5.77. The zero-order chi connectivity index (χ0) is 15.7. The van der Waals surface area contributed by atoms with Crippen LogP contribution in [0.25, 0.3) is 22.2 Å². The van der Waals surface area contributed by atoms with E-state index in [0.717, 1.165) is 36.9 Å². The third-order valence-electron chi connectivity index (χ3n) is 4.65. The van der Waals surface area contributed by atoms with E-state index in [4.69, 9.17) is 9.26 Å². The average molecular weight is 346 g/mol. The van der Waals surface area contributed by atoms with Crippen LogP contribution in [0.1, 0.15) is 18.7 Å². The highest BCUT2D eigenvalue weighted by molar-refractivity contribution is 5.94. The Bertz CT molecular complexity index is 823. The standard InChI is InChI=1S/C18H19N3O2.ClH/c1-22-18(9-11-19-12-10-18)17-20-16(21-23-17)15-8-4-6-13-5-2-3-7-14(13)15;/h2-8,19H,9-12H2,1H3;1H. The van der Waals surface area contributed by atoms with Crippen LogP contribution in [0.4, 0.5) is 0 Å². The van der Waals surface area contributed by atoms with Gasteiger partial charge in [-0.15, -0.1) is 12.4 Å². The van der Waals surface area contributed by atoms with Gasteiger partial charge in [0.2, 0.25) is 5.82 Å². The molecule has 3 aromatic rings. The van der Waals surface area contributed by atoms with Gasteiger partial charge in [-0.25, -0.2) is 0 Å². The fourth-order valence-corrected chi connectivity index (χ4v) is 3.27. The Balaban J connectivity index is 0.00000169. The van der Waals surface area contributed by atoms with E-state index < -0.39 is 5.60 Å². The summed E-state index contributed by atoms with van der Waals surface area (Å²) in [4.78, 5) is 4.67. The van der Waals surface area contributed by atoms with Crippen molar-refractivity contribution in [3.05, 3.63) is 48.4 Å². The van der Waals surface area contributed by atoms with E-state index >= 15 is 0 Å². The van der Waals surface area contributed by atoms with Crippen LogP contribution < -0.4 is 5.32 Å². The van der Waals surface area contributed by atoms with Crippen LogP contribution in [0, 0.1) is 0 Å². The summed E-state index contributed by atoms with van der Waals surface area (Å²) >= 11 is 0. The molecule has 0 amide bonds. The van der Waals surface area contributed by atoms with Crippen LogP contribution in [0.3, 0.4) is 0 Å². The van der Waals surface area contributed by atoms with Gasteiger partial charge in [-0.3, -0.25) is 0 Å². The van der Waals surface area contributed by atoms with Crippen LogP contribution in [0.15, 0.2) is 47.0 Å². The van der Waals surface area contributed by atoms with Crippen LogP contribution >= 0.6 is 12.4 Å². The quantitative estimate of drug-likeness (QED) is 0.786. The van der Waals surface area contributed by atoms with Gasteiger partial charge < -0.3 is 14.6 Å². The van der Waals surface area contributed by atoms with Gasteiger partial charge in [0.15, 0.2) is 0 Å². The molecule has 4 rings (SSSR count). The van der Waals surface area contributed by atoms with Gasteiger partial charge in [0.05, 0.1) is 0 Å². The van der Waals surface area contributed by atoms with Crippen molar-refractivity contribution in [1.82, 2.24) is 15.5 Å². The molecule has 1 aromatic heterocycles. The molecule has 0 spiro atoms. The van der Waals surface area contributed by atoms with Crippen LogP contribution in [0.5, 0.6) is 0 Å². The minimum Gasteiger partial charge on any atom is -0.368 e. The molecule has 6 heteroatoms. The fraction of sp³-hybridized carbons (Fsp3) is 0.333. The molecule has 0 bridgehead atoms. The number of nitrogens with zero attached hydrogens (tertiary/aromatic N) is 2. The lowest BCUT2D eigenvalue weighted by molar-refractivity contribution is -0.0622. The minimum absolute atomic E-state index is 0. The number of methoxy groups -OCH3 is 1. The molecule has 0 radical (unpaired) electrons. The number of benzene rings is 2. The van der Waals surface area contributed by atoms with Gasteiger partial charge in [-0.2, -0.15) is 4.98 Å². The molecule has 0 aliphatic carbocycles. The third kappa shape index (κ3) is 2.79. The number of hydrogen-bond donors (Lipinski definition) is 1. The van der Waals surface area contributed by atoms with Crippen LogP contribution in [-0.2, 0) is 10.3 Å². The SMILES string of the molecule is COC1(c2nc(-c3cccc4ccccc34)no2)CCNCC1.Cl. The molecular formula is C18H20ClN3O2. The van der Waals surface area contributed by atoms with Crippen LogP contribution in [0.2, 0.25) is 0 Å². The summed E-state index contributed by atoms with van der Waals surface area (Å²) < 4.78 is 11.4. The molecule has 126 valence electrons. The monoisotopic (exact) mass is 345 g/mol. The van der Waals surface area contributed by atoms with E-state index in [9.17, 15) is 0 Å². The lowest BCUT2D eigenvalue weighted by Gasteiger charge is -2.32. The molecule has 1 N–H and O–H groups in total. The van der Waals surface area contributed by atoms with E-state index in [1.807, 2.05) is 24.3 Å². The first kappa shape index (κ1) is 16.9. The molecule has 0 saturated carbocycles. The lowest BCUT2D eigenvalue weighted by atomic mass is 9.92. The molecule has 1 saturated heterocycles. The van der Waals surface area contributed by atoms with Crippen molar-refractivity contribution in [2.24, 2.45) is 0 Å². The van der Waals surface area contributed by atoms with Gasteiger partial charge in [0, 0.05) is 12.7 Å². The van der Waals surface area contributed by atoms with Crippen molar-refractivity contribution in [3.8, 4) is 11.4 Å². The number of ether oxygens (including phenoxy) is 1. The summed E-state index contributed by atoms with van der Waals surface area (Å²) in [5, 5.41) is 9.85. The highest BCUT2D eigenvalue weighted by Crippen LogP contribution is 2.35. The lowest BCUT2D eigenvalue weighted by Crippen LogP contribution is -2.41. The van der Waals surface area contributed by atoms with Gasteiger partial charge in [-0.1, -0.05) is 47.6 Å². The van der Waals surface area contributed by atoms with Crippen molar-refractivity contribution in [1.29, 1.82) is 0 Å². The minimum atomic E-state index is -0.471. The topological polar surface area (TPSA) is 60.2 Å². The van der Waals surface area contributed by atoms with E-state index in [2.05, 4.69) is 33.7 Å². The number of halogens is 1. The Labute approximate surface area is 146 Å². The second-order valence-electron chi connectivity index (χ2n) is 5.90. The first-order valence-electron chi connectivity index (χ1n) is 7.91. The highest BCUT2D eigenvalue weighted by Gasteiger charge is 2.39. The molecule has 0 atom stereocenters. The smallest absolute Gasteiger partial charge is 0.259 e. The number of fused-ring (bicyclic) bond motifs is 1. The van der Waals surface area contributed by atoms with Gasteiger partial charge in [0.1, 0.15) is 5.60 Å². The maximum absolute atomic E-state index is 5.77. The van der Waals surface area contributed by atoms with E-state index in [1.54, 1.807) is 7.11 Å². The average Bonchev–Trinajstić information content (AvgIpc) is 3.12. The summed E-state index contributed by atoms with van der Waals surface area (Å²) in [5.74, 6) is 1.19. The van der Waals surface area contributed by atoms with Crippen molar-refractivity contribution in [2.45, 2.75) is 18.4 Å². The van der Waals surface area contributed by atoms with Gasteiger partial charge in [0.25, 0.3) is 5.89 Å². The molecule has 5 nitrogen and oxygen atoms in total. The zero-order valence-corrected chi connectivity index (χ0v) is 14.3. The Hall–Kier alpha value is -1.95. The molecule has 1 aliphatic heterocycles. The third-order valence-corrected chi connectivity index (χ3v) is 4.65. The molecule has 2 aromatic carbocycles.